The molecular formula is C10H21NS. The number of hydrogen-bond acceptors (Lipinski definition) is 2. The molecule has 0 aromatic rings. The minimum atomic E-state index is 0.740. The van der Waals surface area contributed by atoms with Gasteiger partial charge in [-0.3, -0.25) is 0 Å². The summed E-state index contributed by atoms with van der Waals surface area (Å²) in [6, 6.07) is 0.754. The smallest absolute Gasteiger partial charge is 0.0200 e. The molecule has 1 nitrogen and oxygen atoms in total. The van der Waals surface area contributed by atoms with Crippen molar-refractivity contribution in [2.24, 2.45) is 5.92 Å². The Kier molecular flexibility index (Phi) is 4.44. The van der Waals surface area contributed by atoms with Gasteiger partial charge >= 0.3 is 0 Å². The molecule has 0 radical (unpaired) electrons. The molecule has 0 saturated heterocycles. The fraction of sp³-hybridized carbons (Fsp3) is 1.00. The van der Waals surface area contributed by atoms with E-state index in [4.69, 9.17) is 0 Å². The Balaban J connectivity index is 2.24. The zero-order valence-corrected chi connectivity index (χ0v) is 9.19. The SMILES string of the molecule is CC(C)CN(S)C1CCCCC1. The zero-order chi connectivity index (χ0) is 8.97. The van der Waals surface area contributed by atoms with Crippen molar-refractivity contribution in [3.05, 3.63) is 0 Å². The molecule has 1 fully saturated rings. The fourth-order valence-electron chi connectivity index (χ4n) is 1.90. The van der Waals surface area contributed by atoms with Crippen LogP contribution in [0.25, 0.3) is 0 Å². The standard InChI is InChI=1S/C10H21NS/c1-9(2)8-11(12)10-6-4-3-5-7-10/h9-10,12H,3-8H2,1-2H3. The van der Waals surface area contributed by atoms with E-state index >= 15 is 0 Å². The van der Waals surface area contributed by atoms with E-state index in [0.29, 0.717) is 0 Å². The Morgan fingerprint density at radius 3 is 2.33 bits per heavy atom. The summed E-state index contributed by atoms with van der Waals surface area (Å²) < 4.78 is 2.25. The Morgan fingerprint density at radius 2 is 1.83 bits per heavy atom. The highest BCUT2D eigenvalue weighted by atomic mass is 32.1. The molecule has 1 rings (SSSR count). The Morgan fingerprint density at radius 1 is 1.25 bits per heavy atom. The van der Waals surface area contributed by atoms with Crippen LogP contribution in [0.1, 0.15) is 46.0 Å². The topological polar surface area (TPSA) is 3.24 Å². The van der Waals surface area contributed by atoms with E-state index in [9.17, 15) is 0 Å². The largest absolute Gasteiger partial charge is 0.250 e. The second-order valence-corrected chi connectivity index (χ2v) is 4.82. The lowest BCUT2D eigenvalue weighted by molar-refractivity contribution is 0.256. The average Bonchev–Trinajstić information content (AvgIpc) is 2.05. The summed E-state index contributed by atoms with van der Waals surface area (Å²) in [5.41, 5.74) is 0. The third-order valence-electron chi connectivity index (χ3n) is 2.55. The highest BCUT2D eigenvalue weighted by Gasteiger charge is 2.18. The third-order valence-corrected chi connectivity index (χ3v) is 3.04. The summed E-state index contributed by atoms with van der Waals surface area (Å²) in [4.78, 5) is 0. The van der Waals surface area contributed by atoms with Gasteiger partial charge in [0.1, 0.15) is 0 Å². The van der Waals surface area contributed by atoms with Gasteiger partial charge in [0.2, 0.25) is 0 Å². The van der Waals surface area contributed by atoms with Crippen LogP contribution in [0.3, 0.4) is 0 Å². The highest BCUT2D eigenvalue weighted by Crippen LogP contribution is 2.24. The van der Waals surface area contributed by atoms with Crippen molar-refractivity contribution < 1.29 is 0 Å². The monoisotopic (exact) mass is 187 g/mol. The number of thiol groups is 1. The lowest BCUT2D eigenvalue weighted by atomic mass is 9.95. The van der Waals surface area contributed by atoms with Gasteiger partial charge in [0.25, 0.3) is 0 Å². The normalized spacial score (nSPS) is 20.8. The van der Waals surface area contributed by atoms with Crippen molar-refractivity contribution in [1.82, 2.24) is 4.31 Å². The molecule has 1 saturated carbocycles. The van der Waals surface area contributed by atoms with E-state index in [1.165, 1.54) is 32.1 Å². The molecule has 0 unspecified atom stereocenters. The maximum atomic E-state index is 4.55. The van der Waals surface area contributed by atoms with Gasteiger partial charge in [-0.1, -0.05) is 45.9 Å². The van der Waals surface area contributed by atoms with E-state index in [0.717, 1.165) is 18.5 Å². The Hall–Kier alpha value is 0.310. The molecule has 0 amide bonds. The van der Waals surface area contributed by atoms with Gasteiger partial charge in [0.15, 0.2) is 0 Å². The Labute approximate surface area is 82.1 Å². The van der Waals surface area contributed by atoms with Crippen molar-refractivity contribution in [2.75, 3.05) is 6.54 Å². The maximum absolute atomic E-state index is 4.55. The van der Waals surface area contributed by atoms with Crippen molar-refractivity contribution in [1.29, 1.82) is 0 Å². The summed E-state index contributed by atoms with van der Waals surface area (Å²) >= 11 is 4.55. The summed E-state index contributed by atoms with van der Waals surface area (Å²) in [5.74, 6) is 0.740. The van der Waals surface area contributed by atoms with Gasteiger partial charge in [-0.25, -0.2) is 4.31 Å². The number of rotatable bonds is 3. The molecule has 0 heterocycles. The molecule has 2 heteroatoms. The van der Waals surface area contributed by atoms with Crippen LogP contribution in [0.5, 0.6) is 0 Å². The fourth-order valence-corrected chi connectivity index (χ4v) is 2.46. The second-order valence-electron chi connectivity index (χ2n) is 4.31. The van der Waals surface area contributed by atoms with Crippen LogP contribution in [0, 0.1) is 5.92 Å². The van der Waals surface area contributed by atoms with E-state index in [2.05, 4.69) is 31.0 Å². The van der Waals surface area contributed by atoms with Crippen LogP contribution in [-0.2, 0) is 0 Å². The van der Waals surface area contributed by atoms with Crippen LogP contribution < -0.4 is 0 Å². The quantitative estimate of drug-likeness (QED) is 0.664. The molecule has 0 aliphatic heterocycles. The summed E-state index contributed by atoms with van der Waals surface area (Å²) in [6.07, 6.45) is 6.95. The maximum Gasteiger partial charge on any atom is 0.0200 e. The number of nitrogens with zero attached hydrogens (tertiary/aromatic N) is 1. The molecular weight excluding hydrogens is 166 g/mol. The minimum Gasteiger partial charge on any atom is -0.250 e. The van der Waals surface area contributed by atoms with Crippen molar-refractivity contribution in [3.63, 3.8) is 0 Å². The van der Waals surface area contributed by atoms with Gasteiger partial charge < -0.3 is 0 Å². The molecule has 0 N–H and O–H groups in total. The average molecular weight is 187 g/mol. The predicted octanol–water partition coefficient (Wildman–Crippen LogP) is 3.12. The molecule has 12 heavy (non-hydrogen) atoms. The van der Waals surface area contributed by atoms with Crippen molar-refractivity contribution in [3.8, 4) is 0 Å². The molecule has 0 atom stereocenters. The third kappa shape index (κ3) is 3.36. The van der Waals surface area contributed by atoms with Crippen LogP contribution in [0.4, 0.5) is 0 Å². The zero-order valence-electron chi connectivity index (χ0n) is 8.29. The first-order valence-corrected chi connectivity index (χ1v) is 5.55. The second kappa shape index (κ2) is 5.13. The molecule has 0 spiro atoms. The van der Waals surface area contributed by atoms with Crippen LogP contribution in [0.2, 0.25) is 0 Å². The molecule has 72 valence electrons. The van der Waals surface area contributed by atoms with E-state index in [-0.39, 0.29) is 0 Å². The van der Waals surface area contributed by atoms with Crippen molar-refractivity contribution in [2.45, 2.75) is 52.0 Å². The van der Waals surface area contributed by atoms with Gasteiger partial charge in [-0.2, -0.15) is 0 Å². The van der Waals surface area contributed by atoms with Gasteiger partial charge in [0, 0.05) is 12.6 Å². The molecule has 0 bridgehead atoms. The lowest BCUT2D eigenvalue weighted by Gasteiger charge is -2.30. The summed E-state index contributed by atoms with van der Waals surface area (Å²) in [7, 11) is 0. The lowest BCUT2D eigenvalue weighted by Crippen LogP contribution is -2.31. The van der Waals surface area contributed by atoms with Gasteiger partial charge in [-0.05, 0) is 18.8 Å². The first-order valence-electron chi connectivity index (χ1n) is 5.15. The van der Waals surface area contributed by atoms with Gasteiger partial charge in [0.05, 0.1) is 0 Å². The van der Waals surface area contributed by atoms with E-state index in [1.807, 2.05) is 0 Å². The van der Waals surface area contributed by atoms with Gasteiger partial charge in [-0.15, -0.1) is 0 Å². The Bertz CT molecular complexity index is 119. The molecule has 1 aliphatic carbocycles. The molecule has 0 aromatic carbocycles. The van der Waals surface area contributed by atoms with Crippen LogP contribution in [0.15, 0.2) is 0 Å². The van der Waals surface area contributed by atoms with E-state index in [1.54, 1.807) is 0 Å². The first-order chi connectivity index (χ1) is 5.70. The first kappa shape index (κ1) is 10.4. The summed E-state index contributed by atoms with van der Waals surface area (Å²) in [5, 5.41) is 0. The highest BCUT2D eigenvalue weighted by molar-refractivity contribution is 7.77. The van der Waals surface area contributed by atoms with Crippen LogP contribution in [-0.4, -0.2) is 16.9 Å². The number of hydrogen-bond donors (Lipinski definition) is 1. The van der Waals surface area contributed by atoms with Crippen LogP contribution >= 0.6 is 12.8 Å². The molecule has 0 aromatic heterocycles. The van der Waals surface area contributed by atoms with E-state index < -0.39 is 0 Å². The van der Waals surface area contributed by atoms with Crippen molar-refractivity contribution >= 4 is 12.8 Å². The minimum absolute atomic E-state index is 0.740. The predicted molar refractivity (Wildman–Crippen MR) is 57.4 cm³/mol. The molecule has 1 aliphatic rings. The summed E-state index contributed by atoms with van der Waals surface area (Å²) in [6.45, 7) is 5.64.